The predicted molar refractivity (Wildman–Crippen MR) is 178 cm³/mol. The Morgan fingerprint density at radius 3 is 2.45 bits per heavy atom. The third-order valence-corrected chi connectivity index (χ3v) is 7.89. The number of hydrogen-bond acceptors (Lipinski definition) is 5. The fourth-order valence-electron chi connectivity index (χ4n) is 4.91. The normalized spacial score (nSPS) is 12.6. The maximum absolute atomic E-state index is 12.6. The average Bonchev–Trinajstić information content (AvgIpc) is 3.00. The fourth-order valence-corrected chi connectivity index (χ4v) is 4.91. The van der Waals surface area contributed by atoms with Gasteiger partial charge in [0.1, 0.15) is 5.56 Å². The van der Waals surface area contributed by atoms with Gasteiger partial charge in [0.15, 0.2) is 0 Å². The first kappa shape index (κ1) is 35.6. The van der Waals surface area contributed by atoms with Crippen molar-refractivity contribution in [2.24, 2.45) is 14.1 Å². The molecule has 1 aromatic carbocycles. The Kier molecular flexibility index (Phi) is 12.7. The summed E-state index contributed by atoms with van der Waals surface area (Å²) < 4.78 is 1.89. The fraction of sp³-hybridized carbons (Fsp3) is 0.389. The first-order valence-electron chi connectivity index (χ1n) is 14.9. The Labute approximate surface area is 261 Å². The van der Waals surface area contributed by atoms with Crippen LogP contribution in [-0.2, 0) is 30.8 Å². The van der Waals surface area contributed by atoms with Crippen LogP contribution in [0.3, 0.4) is 0 Å². The average molecular weight is 599 g/mol. The molecule has 2 aromatic rings. The lowest BCUT2D eigenvalue weighted by molar-refractivity contribution is -0.131. The van der Waals surface area contributed by atoms with Crippen LogP contribution in [0.1, 0.15) is 76.1 Å². The van der Waals surface area contributed by atoms with Gasteiger partial charge in [0.25, 0.3) is 5.56 Å². The second-order valence-electron chi connectivity index (χ2n) is 11.4. The molecule has 0 saturated heterocycles. The maximum Gasteiger partial charge on any atom is 0.333 e. The summed E-state index contributed by atoms with van der Waals surface area (Å²) >= 11 is 0. The minimum Gasteiger partial charge on any atom is -0.494 e. The quantitative estimate of drug-likeness (QED) is 0.220. The number of carbonyl (C=O) groups excluding carboxylic acids is 1. The zero-order valence-electron chi connectivity index (χ0n) is 27.4. The third-order valence-electron chi connectivity index (χ3n) is 7.89. The van der Waals surface area contributed by atoms with Gasteiger partial charge in [0.2, 0.25) is 11.8 Å². The molecule has 1 amide bonds. The van der Waals surface area contributed by atoms with Crippen molar-refractivity contribution in [1.82, 2.24) is 14.0 Å². The summed E-state index contributed by atoms with van der Waals surface area (Å²) in [6.07, 6.45) is 12.4. The molecule has 2 rings (SSSR count). The van der Waals surface area contributed by atoms with Gasteiger partial charge in [0, 0.05) is 39.0 Å². The van der Waals surface area contributed by atoms with E-state index in [9.17, 15) is 24.8 Å². The number of unbranched alkanes of at least 4 members (excludes halogenated alkanes) is 1. The van der Waals surface area contributed by atoms with E-state index >= 15 is 0 Å². The van der Waals surface area contributed by atoms with Crippen molar-refractivity contribution in [2.45, 2.75) is 72.8 Å². The van der Waals surface area contributed by atoms with E-state index in [0.717, 1.165) is 50.8 Å². The number of aryl methyl sites for hydroxylation is 1. The van der Waals surface area contributed by atoms with Crippen LogP contribution in [0.2, 0.25) is 0 Å². The van der Waals surface area contributed by atoms with E-state index in [4.69, 9.17) is 0 Å². The van der Waals surface area contributed by atoms with E-state index in [1.165, 1.54) is 26.2 Å². The van der Waals surface area contributed by atoms with E-state index in [0.29, 0.717) is 24.1 Å². The Morgan fingerprint density at radius 2 is 1.86 bits per heavy atom. The molecule has 0 radical (unpaired) electrons. The number of carbonyl (C=O) groups is 1. The predicted octanol–water partition coefficient (Wildman–Crippen LogP) is 6.14. The molecule has 1 N–H and O–H groups in total. The summed E-state index contributed by atoms with van der Waals surface area (Å²) in [7, 11) is 2.71. The minimum atomic E-state index is -0.641. The molecule has 0 saturated carbocycles. The highest BCUT2D eigenvalue weighted by Crippen LogP contribution is 2.35. The highest BCUT2D eigenvalue weighted by atomic mass is 16.3. The van der Waals surface area contributed by atoms with Gasteiger partial charge < -0.3 is 10.0 Å². The molecule has 8 nitrogen and oxygen atoms in total. The van der Waals surface area contributed by atoms with Crippen molar-refractivity contribution in [3.05, 3.63) is 115 Å². The molecule has 1 heterocycles. The number of nitriles is 1. The van der Waals surface area contributed by atoms with E-state index in [1.54, 1.807) is 6.08 Å². The van der Waals surface area contributed by atoms with Crippen LogP contribution in [-0.4, -0.2) is 31.6 Å². The number of benzene rings is 1. The van der Waals surface area contributed by atoms with E-state index < -0.39 is 22.5 Å². The Morgan fingerprint density at radius 1 is 1.18 bits per heavy atom. The molecule has 0 aliphatic carbocycles. The minimum absolute atomic E-state index is 0.0606. The number of rotatable bonds is 13. The molecular formula is C36H46N4O4. The molecule has 0 aliphatic heterocycles. The molecule has 0 bridgehead atoms. The van der Waals surface area contributed by atoms with Crippen LogP contribution < -0.4 is 11.2 Å². The molecule has 0 spiro atoms. The number of aromatic hydroxyl groups is 1. The molecule has 0 aliphatic rings. The van der Waals surface area contributed by atoms with Gasteiger partial charge in [-0.3, -0.25) is 18.7 Å². The van der Waals surface area contributed by atoms with Gasteiger partial charge in [-0.05, 0) is 60.3 Å². The Hall–Kier alpha value is -4.64. The number of hydrogen-bond donors (Lipinski definition) is 1. The van der Waals surface area contributed by atoms with Gasteiger partial charge in [-0.25, -0.2) is 4.79 Å². The number of amides is 1. The monoisotopic (exact) mass is 598 g/mol. The van der Waals surface area contributed by atoms with Crippen molar-refractivity contribution >= 4 is 12.0 Å². The molecule has 8 heteroatoms. The van der Waals surface area contributed by atoms with E-state index in [2.05, 4.69) is 58.5 Å². The summed E-state index contributed by atoms with van der Waals surface area (Å²) in [6, 6.07) is 8.51. The summed E-state index contributed by atoms with van der Waals surface area (Å²) in [5.74, 6) is -0.314. The lowest BCUT2D eigenvalue weighted by atomic mass is 9.75. The van der Waals surface area contributed by atoms with Crippen molar-refractivity contribution in [3.63, 3.8) is 0 Å². The van der Waals surface area contributed by atoms with Crippen LogP contribution in [0.25, 0.3) is 6.08 Å². The largest absolute Gasteiger partial charge is 0.494 e. The molecule has 0 atom stereocenters. The summed E-state index contributed by atoms with van der Waals surface area (Å²) in [4.78, 5) is 39.1. The highest BCUT2D eigenvalue weighted by Gasteiger charge is 2.26. The summed E-state index contributed by atoms with van der Waals surface area (Å²) in [5.41, 5.74) is 3.13. The van der Waals surface area contributed by atoms with Crippen LogP contribution in [0, 0.1) is 18.3 Å². The molecule has 44 heavy (non-hydrogen) atoms. The molecule has 1 aromatic heterocycles. The Bertz CT molecular complexity index is 1670. The van der Waals surface area contributed by atoms with Crippen molar-refractivity contribution in [1.29, 1.82) is 5.26 Å². The van der Waals surface area contributed by atoms with Gasteiger partial charge in [-0.15, -0.1) is 0 Å². The van der Waals surface area contributed by atoms with Crippen LogP contribution >= 0.6 is 0 Å². The topological polar surface area (TPSA) is 108 Å². The molecule has 234 valence electrons. The van der Waals surface area contributed by atoms with Crippen LogP contribution in [0.5, 0.6) is 5.88 Å². The lowest BCUT2D eigenvalue weighted by Gasteiger charge is -2.30. The zero-order chi connectivity index (χ0) is 33.2. The summed E-state index contributed by atoms with van der Waals surface area (Å²) in [5, 5.41) is 20.4. The lowest BCUT2D eigenvalue weighted by Crippen LogP contribution is -2.37. The molecule has 0 unspecified atom stereocenters. The first-order chi connectivity index (χ1) is 20.7. The second kappa shape index (κ2) is 15.7. The smallest absolute Gasteiger partial charge is 0.333 e. The van der Waals surface area contributed by atoms with Gasteiger partial charge in [-0.2, -0.15) is 5.26 Å². The second-order valence-corrected chi connectivity index (χ2v) is 11.4. The van der Waals surface area contributed by atoms with E-state index in [-0.39, 0.29) is 11.5 Å². The molecular weight excluding hydrogens is 552 g/mol. The van der Waals surface area contributed by atoms with Crippen molar-refractivity contribution < 1.29 is 9.90 Å². The number of aromatic nitrogens is 2. The van der Waals surface area contributed by atoms with Gasteiger partial charge >= 0.3 is 5.69 Å². The van der Waals surface area contributed by atoms with Crippen LogP contribution in [0.15, 0.2) is 81.5 Å². The van der Waals surface area contributed by atoms with Gasteiger partial charge in [0.05, 0.1) is 11.6 Å². The number of allylic oxidation sites excluding steroid dienone is 8. The first-order valence-corrected chi connectivity index (χ1v) is 14.9. The SMILES string of the molecule is C=C(/C=C(\C=C/C)C(/C#N)=C/C=C/c1c(O)n(C)c(=O)n(C)c1=O)C(C)(C)c1cc(CN(CCCC)C(=O)CC)ccc1C. The number of nitrogens with zero attached hydrogens (tertiary/aromatic N) is 4. The molecule has 0 fully saturated rings. The van der Waals surface area contributed by atoms with Gasteiger partial charge in [-0.1, -0.05) is 83.2 Å². The zero-order valence-corrected chi connectivity index (χ0v) is 27.4. The third kappa shape index (κ3) is 8.25. The standard InChI is InChI=1S/C36H46N4O4/c1-10-13-20-40(32(41)12-3)24-27-19-18-25(4)31(22-27)36(6,7)26(5)21-28(15-11-2)29(23-37)16-14-17-30-33(42)38(8)35(44)39(9)34(30)43/h11,14-19,21-22,42H,5,10,12-13,20,24H2,1-4,6-9H3/b15-11-,17-14+,28-21+,29-16+. The highest BCUT2D eigenvalue weighted by molar-refractivity contribution is 5.75. The van der Waals surface area contributed by atoms with Crippen molar-refractivity contribution in [3.8, 4) is 11.9 Å². The van der Waals surface area contributed by atoms with E-state index in [1.807, 2.05) is 37.0 Å². The summed E-state index contributed by atoms with van der Waals surface area (Å²) in [6.45, 7) is 17.8. The van der Waals surface area contributed by atoms with Crippen LogP contribution in [0.4, 0.5) is 0 Å². The maximum atomic E-state index is 12.6. The Balaban J connectivity index is 2.50. The van der Waals surface area contributed by atoms with Crippen molar-refractivity contribution in [2.75, 3.05) is 6.54 Å².